The molecule has 0 unspecified atom stereocenters. The van der Waals surface area contributed by atoms with Crippen LogP contribution < -0.4 is 0 Å². The summed E-state index contributed by atoms with van der Waals surface area (Å²) in [7, 11) is 0. The van der Waals surface area contributed by atoms with Gasteiger partial charge in [-0.1, -0.05) is 18.2 Å². The number of nitrogens with zero attached hydrogens (tertiary/aromatic N) is 2. The van der Waals surface area contributed by atoms with Gasteiger partial charge in [0.2, 0.25) is 0 Å². The molecule has 100 valence electrons. The van der Waals surface area contributed by atoms with Gasteiger partial charge in [-0.15, -0.1) is 0 Å². The van der Waals surface area contributed by atoms with Crippen molar-refractivity contribution in [2.24, 2.45) is 0 Å². The Balaban J connectivity index is 2.36. The summed E-state index contributed by atoms with van der Waals surface area (Å²) in [5.74, 6) is -1.14. The predicted molar refractivity (Wildman–Crippen MR) is 60.7 cm³/mol. The smallest absolute Gasteiger partial charge is 0.408 e. The molecule has 0 saturated carbocycles. The monoisotopic (exact) mass is 270 g/mol. The zero-order valence-electron chi connectivity index (χ0n) is 9.55. The summed E-state index contributed by atoms with van der Waals surface area (Å²) in [4.78, 5) is 11.0. The van der Waals surface area contributed by atoms with E-state index in [-0.39, 0.29) is 5.56 Å². The average Bonchev–Trinajstić information content (AvgIpc) is 2.75. The molecule has 2 aromatic rings. The van der Waals surface area contributed by atoms with E-state index < -0.39 is 18.7 Å². The van der Waals surface area contributed by atoms with E-state index in [2.05, 4.69) is 5.10 Å². The topological polar surface area (TPSA) is 55.1 Å². The summed E-state index contributed by atoms with van der Waals surface area (Å²) < 4.78 is 37.3. The van der Waals surface area contributed by atoms with E-state index in [1.807, 2.05) is 0 Å². The zero-order valence-corrected chi connectivity index (χ0v) is 9.55. The molecule has 0 fully saturated rings. The molecule has 0 aliphatic rings. The van der Waals surface area contributed by atoms with Crippen molar-refractivity contribution in [1.29, 1.82) is 0 Å². The fourth-order valence-electron chi connectivity index (χ4n) is 1.69. The van der Waals surface area contributed by atoms with Crippen LogP contribution in [0.4, 0.5) is 13.2 Å². The molecule has 0 aliphatic heterocycles. The molecule has 1 N–H and O–H groups in total. The van der Waals surface area contributed by atoms with Crippen molar-refractivity contribution in [3.63, 3.8) is 0 Å². The molecule has 1 aromatic heterocycles. The van der Waals surface area contributed by atoms with E-state index in [0.29, 0.717) is 11.1 Å². The van der Waals surface area contributed by atoms with Crippen LogP contribution in [0.1, 0.15) is 10.4 Å². The number of alkyl halides is 3. The highest BCUT2D eigenvalue weighted by Crippen LogP contribution is 2.24. The molecule has 1 aromatic carbocycles. The first-order valence-corrected chi connectivity index (χ1v) is 5.29. The molecule has 2 rings (SSSR count). The number of hydrogen-bond donors (Lipinski definition) is 1. The lowest BCUT2D eigenvalue weighted by Crippen LogP contribution is -2.17. The maximum Gasteiger partial charge on any atom is 0.408 e. The van der Waals surface area contributed by atoms with Crippen molar-refractivity contribution >= 4 is 5.97 Å². The quantitative estimate of drug-likeness (QED) is 0.933. The minimum absolute atomic E-state index is 0.0223. The van der Waals surface area contributed by atoms with E-state index in [4.69, 9.17) is 5.11 Å². The number of hydrogen-bond acceptors (Lipinski definition) is 2. The SMILES string of the molecule is O=C(O)c1ccccc1-c1cnn(CC(F)(F)F)c1. The summed E-state index contributed by atoms with van der Waals surface area (Å²) in [6.45, 7) is -1.21. The summed E-state index contributed by atoms with van der Waals surface area (Å²) in [5.41, 5.74) is 0.694. The van der Waals surface area contributed by atoms with E-state index in [9.17, 15) is 18.0 Å². The maximum atomic E-state index is 12.2. The van der Waals surface area contributed by atoms with Crippen LogP contribution in [0.25, 0.3) is 11.1 Å². The molecule has 4 nitrogen and oxygen atoms in total. The predicted octanol–water partition coefficient (Wildman–Crippen LogP) is 2.81. The van der Waals surface area contributed by atoms with Crippen molar-refractivity contribution in [2.75, 3.05) is 0 Å². The molecular weight excluding hydrogens is 261 g/mol. The van der Waals surface area contributed by atoms with Crippen LogP contribution in [-0.4, -0.2) is 27.0 Å². The first kappa shape index (κ1) is 13.1. The van der Waals surface area contributed by atoms with Gasteiger partial charge >= 0.3 is 12.1 Å². The summed E-state index contributed by atoms with van der Waals surface area (Å²) in [5, 5.41) is 12.6. The second-order valence-corrected chi connectivity index (χ2v) is 3.89. The van der Waals surface area contributed by atoms with Crippen LogP contribution in [0.2, 0.25) is 0 Å². The number of benzene rings is 1. The summed E-state index contributed by atoms with van der Waals surface area (Å²) in [6.07, 6.45) is -1.97. The minimum Gasteiger partial charge on any atom is -0.478 e. The molecule has 0 bridgehead atoms. The van der Waals surface area contributed by atoms with Gasteiger partial charge < -0.3 is 5.11 Å². The Bertz CT molecular complexity index is 605. The second kappa shape index (κ2) is 4.75. The number of aromatic nitrogens is 2. The van der Waals surface area contributed by atoms with Gasteiger partial charge in [-0.25, -0.2) is 4.79 Å². The molecule has 0 radical (unpaired) electrons. The zero-order chi connectivity index (χ0) is 14.0. The standard InChI is InChI=1S/C12H9F3N2O2/c13-12(14,15)7-17-6-8(5-16-17)9-3-1-2-4-10(9)11(18)19/h1-6H,7H2,(H,18,19). The van der Waals surface area contributed by atoms with Gasteiger partial charge in [-0.3, -0.25) is 4.68 Å². The summed E-state index contributed by atoms with van der Waals surface area (Å²) >= 11 is 0. The van der Waals surface area contributed by atoms with E-state index in [1.54, 1.807) is 12.1 Å². The van der Waals surface area contributed by atoms with Gasteiger partial charge in [0.15, 0.2) is 0 Å². The summed E-state index contributed by atoms with van der Waals surface area (Å²) in [6, 6.07) is 6.08. The Morgan fingerprint density at radius 1 is 1.32 bits per heavy atom. The van der Waals surface area contributed by atoms with Gasteiger partial charge in [0, 0.05) is 11.8 Å². The van der Waals surface area contributed by atoms with Crippen LogP contribution in [0.3, 0.4) is 0 Å². The Hall–Kier alpha value is -2.31. The molecule has 0 amide bonds. The molecule has 0 spiro atoms. The van der Waals surface area contributed by atoms with E-state index in [1.165, 1.54) is 24.5 Å². The van der Waals surface area contributed by atoms with E-state index >= 15 is 0 Å². The Morgan fingerprint density at radius 3 is 2.63 bits per heavy atom. The highest BCUT2D eigenvalue weighted by Gasteiger charge is 2.28. The minimum atomic E-state index is -4.37. The molecule has 0 aliphatic carbocycles. The van der Waals surface area contributed by atoms with E-state index in [0.717, 1.165) is 4.68 Å². The van der Waals surface area contributed by atoms with Crippen LogP contribution in [0.15, 0.2) is 36.7 Å². The van der Waals surface area contributed by atoms with Gasteiger partial charge in [0.05, 0.1) is 11.8 Å². The first-order chi connectivity index (χ1) is 8.87. The lowest BCUT2D eigenvalue weighted by molar-refractivity contribution is -0.142. The number of halogens is 3. The fourth-order valence-corrected chi connectivity index (χ4v) is 1.69. The van der Waals surface area contributed by atoms with Crippen molar-refractivity contribution < 1.29 is 23.1 Å². The number of carboxylic acid groups (broad SMARTS) is 1. The van der Waals surface area contributed by atoms with Crippen LogP contribution >= 0.6 is 0 Å². The van der Waals surface area contributed by atoms with Gasteiger partial charge in [0.25, 0.3) is 0 Å². The Labute approximate surface area is 106 Å². The van der Waals surface area contributed by atoms with Gasteiger partial charge in [-0.05, 0) is 11.6 Å². The molecule has 0 atom stereocenters. The van der Waals surface area contributed by atoms with Crippen LogP contribution in [0, 0.1) is 0 Å². The maximum absolute atomic E-state index is 12.2. The first-order valence-electron chi connectivity index (χ1n) is 5.29. The average molecular weight is 270 g/mol. The van der Waals surface area contributed by atoms with Gasteiger partial charge in [0.1, 0.15) is 6.54 Å². The van der Waals surface area contributed by atoms with Crippen molar-refractivity contribution in [1.82, 2.24) is 9.78 Å². The van der Waals surface area contributed by atoms with Gasteiger partial charge in [-0.2, -0.15) is 18.3 Å². The third kappa shape index (κ3) is 3.12. The molecule has 7 heteroatoms. The molecular formula is C12H9F3N2O2. The van der Waals surface area contributed by atoms with Crippen molar-refractivity contribution in [3.8, 4) is 11.1 Å². The number of aromatic carboxylic acids is 1. The number of carboxylic acids is 1. The highest BCUT2D eigenvalue weighted by molar-refractivity contribution is 5.95. The second-order valence-electron chi connectivity index (χ2n) is 3.89. The fraction of sp³-hybridized carbons (Fsp3) is 0.167. The Kier molecular flexibility index (Phi) is 3.28. The molecule has 0 saturated heterocycles. The number of carbonyl (C=O) groups is 1. The largest absolute Gasteiger partial charge is 0.478 e. The third-order valence-electron chi connectivity index (χ3n) is 2.44. The van der Waals surface area contributed by atoms with Crippen LogP contribution in [0.5, 0.6) is 0 Å². The van der Waals surface area contributed by atoms with Crippen molar-refractivity contribution in [3.05, 3.63) is 42.2 Å². The normalized spacial score (nSPS) is 11.5. The third-order valence-corrected chi connectivity index (χ3v) is 2.44. The highest BCUT2D eigenvalue weighted by atomic mass is 19.4. The van der Waals surface area contributed by atoms with Crippen molar-refractivity contribution in [2.45, 2.75) is 12.7 Å². The van der Waals surface area contributed by atoms with Crippen LogP contribution in [-0.2, 0) is 6.54 Å². The number of rotatable bonds is 3. The lowest BCUT2D eigenvalue weighted by atomic mass is 10.0. The lowest BCUT2D eigenvalue weighted by Gasteiger charge is -2.05. The Morgan fingerprint density at radius 2 is 2.00 bits per heavy atom. The molecule has 1 heterocycles. The molecule has 19 heavy (non-hydrogen) atoms.